The van der Waals surface area contributed by atoms with E-state index < -0.39 is 18.0 Å². The number of nitrogens with one attached hydrogen (secondary N) is 1. The Hall–Kier alpha value is -4.16. The molecule has 2 aromatic heterocycles. The van der Waals surface area contributed by atoms with E-state index in [1.54, 1.807) is 41.3 Å². The summed E-state index contributed by atoms with van der Waals surface area (Å²) >= 11 is 0. The Labute approximate surface area is 191 Å². The molecular weight excluding hydrogens is 457 g/mol. The first-order valence-electron chi connectivity index (χ1n) is 10.2. The molecule has 1 aliphatic heterocycles. The van der Waals surface area contributed by atoms with Crippen molar-refractivity contribution in [2.75, 3.05) is 36.4 Å². The molecule has 1 aliphatic rings. The number of pyridine rings is 1. The Balaban J connectivity index is 1.34. The summed E-state index contributed by atoms with van der Waals surface area (Å²) in [4.78, 5) is 35.1. The fraction of sp³-hybridized carbons (Fsp3) is 0.286. The summed E-state index contributed by atoms with van der Waals surface area (Å²) < 4.78 is 47.3. The number of carbonyl (C=O) groups is 2. The van der Waals surface area contributed by atoms with Gasteiger partial charge in [-0.3, -0.25) is 4.79 Å². The molecule has 10 nitrogen and oxygen atoms in total. The van der Waals surface area contributed by atoms with Gasteiger partial charge in [-0.1, -0.05) is 17.3 Å². The molecule has 2 amide bonds. The number of carbonyl (C=O) groups excluding carboxylic acids is 2. The highest BCUT2D eigenvalue weighted by Gasteiger charge is 2.38. The summed E-state index contributed by atoms with van der Waals surface area (Å²) in [6.45, 7) is 3.08. The normalized spacial score (nSPS) is 14.1. The molecule has 0 aliphatic carbocycles. The van der Waals surface area contributed by atoms with Gasteiger partial charge in [0.05, 0.1) is 5.69 Å². The first-order valence-corrected chi connectivity index (χ1v) is 10.2. The summed E-state index contributed by atoms with van der Waals surface area (Å²) in [5.74, 6) is -1.26. The van der Waals surface area contributed by atoms with E-state index in [9.17, 15) is 22.8 Å². The van der Waals surface area contributed by atoms with Crippen LogP contribution in [0.2, 0.25) is 0 Å². The molecular formula is C21H19F3N6O4. The maximum Gasteiger partial charge on any atom is 0.471 e. The van der Waals surface area contributed by atoms with Crippen molar-refractivity contribution in [1.29, 1.82) is 0 Å². The number of hydrogen-bond donors (Lipinski definition) is 1. The van der Waals surface area contributed by atoms with Crippen LogP contribution >= 0.6 is 0 Å². The van der Waals surface area contributed by atoms with Crippen LogP contribution in [0.1, 0.15) is 12.8 Å². The van der Waals surface area contributed by atoms with Crippen LogP contribution in [0, 0.1) is 0 Å². The molecule has 4 rings (SSSR count). The van der Waals surface area contributed by atoms with Crippen LogP contribution in [0.25, 0.3) is 11.4 Å². The van der Waals surface area contributed by atoms with E-state index in [2.05, 4.69) is 25.0 Å². The van der Waals surface area contributed by atoms with E-state index in [4.69, 9.17) is 4.74 Å². The van der Waals surface area contributed by atoms with Crippen LogP contribution in [0.3, 0.4) is 0 Å². The molecule has 0 bridgehead atoms. The first-order chi connectivity index (χ1) is 16.2. The monoisotopic (exact) mass is 476 g/mol. The SMILES string of the molecule is CC(=O)Oc1ccccc1NC(=O)N1CCN(c2ccc(-c3noc(C(F)(F)F)n3)cn2)CC1. The lowest BCUT2D eigenvalue weighted by Gasteiger charge is -2.35. The second-order valence-corrected chi connectivity index (χ2v) is 7.32. The Morgan fingerprint density at radius 3 is 2.44 bits per heavy atom. The molecule has 34 heavy (non-hydrogen) atoms. The van der Waals surface area contributed by atoms with Crippen LogP contribution in [-0.2, 0) is 11.0 Å². The third-order valence-electron chi connectivity index (χ3n) is 4.95. The van der Waals surface area contributed by atoms with Gasteiger partial charge in [-0.25, -0.2) is 9.78 Å². The Bertz CT molecular complexity index is 1170. The van der Waals surface area contributed by atoms with E-state index >= 15 is 0 Å². The summed E-state index contributed by atoms with van der Waals surface area (Å²) in [5, 5.41) is 6.09. The maximum atomic E-state index is 12.7. The van der Waals surface area contributed by atoms with Crippen molar-refractivity contribution in [3.63, 3.8) is 0 Å². The van der Waals surface area contributed by atoms with Crippen LogP contribution in [-0.4, -0.2) is 58.2 Å². The molecule has 13 heteroatoms. The average molecular weight is 476 g/mol. The van der Waals surface area contributed by atoms with E-state index in [1.807, 2.05) is 4.90 Å². The number of piperazine rings is 1. The number of ether oxygens (including phenoxy) is 1. The van der Waals surface area contributed by atoms with Crippen LogP contribution in [0.15, 0.2) is 47.1 Å². The largest absolute Gasteiger partial charge is 0.471 e. The third kappa shape index (κ3) is 5.24. The molecule has 0 saturated carbocycles. The van der Waals surface area contributed by atoms with Gasteiger partial charge >= 0.3 is 24.1 Å². The number of aromatic nitrogens is 3. The van der Waals surface area contributed by atoms with Crippen molar-refractivity contribution in [3.8, 4) is 17.1 Å². The highest BCUT2D eigenvalue weighted by molar-refractivity contribution is 5.91. The van der Waals surface area contributed by atoms with Gasteiger partial charge in [0, 0.05) is 44.9 Å². The predicted molar refractivity (Wildman–Crippen MR) is 113 cm³/mol. The van der Waals surface area contributed by atoms with Gasteiger partial charge < -0.3 is 24.4 Å². The van der Waals surface area contributed by atoms with Gasteiger partial charge in [0.15, 0.2) is 5.75 Å². The lowest BCUT2D eigenvalue weighted by molar-refractivity contribution is -0.159. The number of halogens is 3. The number of amides is 2. The van der Waals surface area contributed by atoms with E-state index in [0.717, 1.165) is 0 Å². The lowest BCUT2D eigenvalue weighted by atomic mass is 10.2. The quantitative estimate of drug-likeness (QED) is 0.450. The van der Waals surface area contributed by atoms with E-state index in [-0.39, 0.29) is 23.2 Å². The molecule has 1 N–H and O–H groups in total. The topological polar surface area (TPSA) is 114 Å². The van der Waals surface area contributed by atoms with Crippen molar-refractivity contribution in [2.24, 2.45) is 0 Å². The zero-order chi connectivity index (χ0) is 24.3. The minimum atomic E-state index is -4.72. The van der Waals surface area contributed by atoms with Crippen LogP contribution < -0.4 is 15.0 Å². The summed E-state index contributed by atoms with van der Waals surface area (Å²) in [5.41, 5.74) is 0.671. The highest BCUT2D eigenvalue weighted by Crippen LogP contribution is 2.29. The molecule has 3 aromatic rings. The van der Waals surface area contributed by atoms with Gasteiger partial charge in [0.25, 0.3) is 0 Å². The molecule has 0 spiro atoms. The second-order valence-electron chi connectivity index (χ2n) is 7.32. The Kier molecular flexibility index (Phi) is 6.34. The molecule has 1 saturated heterocycles. The third-order valence-corrected chi connectivity index (χ3v) is 4.95. The number of hydrogen-bond acceptors (Lipinski definition) is 8. The number of nitrogens with zero attached hydrogens (tertiary/aromatic N) is 5. The fourth-order valence-electron chi connectivity index (χ4n) is 3.31. The van der Waals surface area contributed by atoms with Gasteiger partial charge in [0.1, 0.15) is 5.82 Å². The molecule has 0 radical (unpaired) electrons. The number of alkyl halides is 3. The smallest absolute Gasteiger partial charge is 0.424 e. The predicted octanol–water partition coefficient (Wildman–Crippen LogP) is 3.43. The summed E-state index contributed by atoms with van der Waals surface area (Å²) in [6, 6.07) is 9.50. The van der Waals surface area contributed by atoms with Crippen molar-refractivity contribution < 1.29 is 32.0 Å². The minimum absolute atomic E-state index is 0.207. The summed E-state index contributed by atoms with van der Waals surface area (Å²) in [7, 11) is 0. The van der Waals surface area contributed by atoms with Crippen LogP contribution in [0.5, 0.6) is 5.75 Å². The highest BCUT2D eigenvalue weighted by atomic mass is 19.4. The minimum Gasteiger partial charge on any atom is -0.424 e. The first kappa shape index (κ1) is 23.0. The molecule has 178 valence electrons. The second kappa shape index (κ2) is 9.37. The van der Waals surface area contributed by atoms with E-state index in [1.165, 1.54) is 13.1 Å². The van der Waals surface area contributed by atoms with Gasteiger partial charge in [-0.2, -0.15) is 18.2 Å². The Morgan fingerprint density at radius 1 is 1.09 bits per heavy atom. The van der Waals surface area contributed by atoms with E-state index in [0.29, 0.717) is 37.7 Å². The molecule has 1 fully saturated rings. The van der Waals surface area contributed by atoms with Crippen molar-refractivity contribution in [1.82, 2.24) is 20.0 Å². The number of anilines is 2. The Morgan fingerprint density at radius 2 is 1.82 bits per heavy atom. The number of esters is 1. The fourth-order valence-corrected chi connectivity index (χ4v) is 3.31. The summed E-state index contributed by atoms with van der Waals surface area (Å²) in [6.07, 6.45) is -3.35. The molecule has 1 aromatic carbocycles. The van der Waals surface area contributed by atoms with Gasteiger partial charge in [-0.15, -0.1) is 0 Å². The molecule has 0 atom stereocenters. The van der Waals surface area contributed by atoms with Crippen molar-refractivity contribution in [3.05, 3.63) is 48.5 Å². The zero-order valence-electron chi connectivity index (χ0n) is 17.9. The van der Waals surface area contributed by atoms with Gasteiger partial charge in [-0.05, 0) is 24.3 Å². The maximum absolute atomic E-state index is 12.7. The number of para-hydroxylation sites is 2. The lowest BCUT2D eigenvalue weighted by Crippen LogP contribution is -2.50. The number of rotatable bonds is 4. The number of benzene rings is 1. The van der Waals surface area contributed by atoms with Crippen molar-refractivity contribution in [2.45, 2.75) is 13.1 Å². The molecule has 0 unspecified atom stereocenters. The van der Waals surface area contributed by atoms with Crippen molar-refractivity contribution >= 4 is 23.5 Å². The van der Waals surface area contributed by atoms with Crippen LogP contribution in [0.4, 0.5) is 29.5 Å². The average Bonchev–Trinajstić information content (AvgIpc) is 3.31. The zero-order valence-corrected chi connectivity index (χ0v) is 17.9. The standard InChI is InChI=1S/C21H19F3N6O4/c1-13(31)33-16-5-3-2-4-15(16)26-20(32)30-10-8-29(9-11-30)17-7-6-14(12-25-17)18-27-19(34-28-18)21(22,23)24/h2-7,12H,8-11H2,1H3,(H,26,32). The number of urea groups is 1. The molecule has 3 heterocycles. The van der Waals surface area contributed by atoms with Gasteiger partial charge in [0.2, 0.25) is 5.82 Å².